The molecule has 172 valence electrons. The average molecular weight is 440 g/mol. The number of benzene rings is 1. The maximum Gasteiger partial charge on any atom is 0.303 e. The van der Waals surface area contributed by atoms with Gasteiger partial charge in [0.1, 0.15) is 5.48 Å². The molecule has 0 saturated heterocycles. The molecule has 3 rings (SSSR count). The van der Waals surface area contributed by atoms with Crippen LogP contribution < -0.4 is 26.6 Å². The predicted molar refractivity (Wildman–Crippen MR) is 128 cm³/mol. The van der Waals surface area contributed by atoms with E-state index in [2.05, 4.69) is 53.7 Å². The van der Waals surface area contributed by atoms with Crippen molar-refractivity contribution in [1.29, 1.82) is 0 Å². The van der Waals surface area contributed by atoms with Gasteiger partial charge in [0.2, 0.25) is 0 Å². The van der Waals surface area contributed by atoms with Crippen LogP contribution in [0.2, 0.25) is 0 Å². The van der Waals surface area contributed by atoms with Crippen molar-refractivity contribution in [3.8, 4) is 0 Å². The molecule has 0 aliphatic carbocycles. The highest BCUT2D eigenvalue weighted by molar-refractivity contribution is 5.80. The van der Waals surface area contributed by atoms with Gasteiger partial charge in [0.15, 0.2) is 11.2 Å². The molecule has 1 aromatic heterocycles. The summed E-state index contributed by atoms with van der Waals surface area (Å²) in [4.78, 5) is 37.1. The summed E-state index contributed by atoms with van der Waals surface area (Å²) in [6.07, 6.45) is 3.45. The van der Waals surface area contributed by atoms with E-state index in [-0.39, 0.29) is 17.4 Å². The molecule has 0 fully saturated rings. The number of aliphatic carboxylic acids is 1. The van der Waals surface area contributed by atoms with Crippen molar-refractivity contribution in [2.75, 3.05) is 23.3 Å². The van der Waals surface area contributed by atoms with E-state index in [1.54, 1.807) is 0 Å². The Kier molecular flexibility index (Phi) is 7.01. The highest BCUT2D eigenvalue weighted by atomic mass is 16.4. The van der Waals surface area contributed by atoms with Gasteiger partial charge in [0.05, 0.1) is 11.4 Å². The number of carboxylic acids is 1. The van der Waals surface area contributed by atoms with E-state index >= 15 is 0 Å². The van der Waals surface area contributed by atoms with Crippen LogP contribution in [0, 0.1) is 12.3 Å². The Bertz CT molecular complexity index is 1160. The fraction of sp³-hybridized carbons (Fsp3) is 0.500. The molecule has 1 aliphatic rings. The molecule has 8 nitrogen and oxygen atoms in total. The largest absolute Gasteiger partial charge is 0.481 e. The zero-order valence-corrected chi connectivity index (χ0v) is 19.4. The lowest BCUT2D eigenvalue weighted by Gasteiger charge is -2.29. The van der Waals surface area contributed by atoms with Gasteiger partial charge < -0.3 is 20.3 Å². The van der Waals surface area contributed by atoms with Gasteiger partial charge in [-0.1, -0.05) is 40.2 Å². The highest BCUT2D eigenvalue weighted by Crippen LogP contribution is 2.39. The Morgan fingerprint density at radius 3 is 2.62 bits per heavy atom. The normalized spacial score (nSPS) is 12.7. The molecule has 2 heterocycles. The maximum atomic E-state index is 12.6. The lowest BCUT2D eigenvalue weighted by atomic mass is 9.96. The van der Waals surface area contributed by atoms with Crippen molar-refractivity contribution in [3.05, 3.63) is 38.9 Å². The van der Waals surface area contributed by atoms with Crippen LogP contribution in [-0.2, 0) is 4.79 Å². The number of hydrogen-bond donors (Lipinski definition) is 3. The second-order valence-electron chi connectivity index (χ2n) is 9.58. The molecule has 2 aromatic rings. The van der Waals surface area contributed by atoms with Crippen molar-refractivity contribution in [3.63, 3.8) is 0 Å². The summed E-state index contributed by atoms with van der Waals surface area (Å²) in [5.74, 6) is -0.245. The summed E-state index contributed by atoms with van der Waals surface area (Å²) in [5, 5.41) is 12.7. The number of nitrogens with one attached hydrogen (secondary N) is 2. The second-order valence-corrected chi connectivity index (χ2v) is 9.58. The standard InChI is InChI=1S/C24H33N5O3/c1-15-12-18-19(13-17(15)25-14-24(3,4)5)29(11-9-7-6-8-10-20(30)31)22-21(28-18)23(32)27-16(2)26-22/h12-13,25H,2,6-11,14H2,1,3-5H3,(H,27,32)(H,30,31). The summed E-state index contributed by atoms with van der Waals surface area (Å²) in [6, 6.07) is 4.08. The van der Waals surface area contributed by atoms with Crippen molar-refractivity contribution >= 4 is 35.4 Å². The van der Waals surface area contributed by atoms with Crippen molar-refractivity contribution in [2.24, 2.45) is 10.4 Å². The molecular weight excluding hydrogens is 406 g/mol. The van der Waals surface area contributed by atoms with E-state index in [1.165, 1.54) is 0 Å². The minimum Gasteiger partial charge on any atom is -0.481 e. The summed E-state index contributed by atoms with van der Waals surface area (Å²) in [7, 11) is 0. The minimum absolute atomic E-state index is 0.132. The zero-order chi connectivity index (χ0) is 23.5. The fourth-order valence-corrected chi connectivity index (χ4v) is 3.69. The number of H-pyrrole nitrogens is 1. The lowest BCUT2D eigenvalue weighted by Crippen LogP contribution is -2.42. The van der Waals surface area contributed by atoms with Gasteiger partial charge in [-0.05, 0) is 42.9 Å². The van der Waals surface area contributed by atoms with E-state index in [0.717, 1.165) is 48.4 Å². The first-order chi connectivity index (χ1) is 15.0. The molecule has 0 saturated carbocycles. The average Bonchev–Trinajstić information content (AvgIpc) is 2.68. The van der Waals surface area contributed by atoms with Crippen molar-refractivity contribution < 1.29 is 9.90 Å². The highest BCUT2D eigenvalue weighted by Gasteiger charge is 2.24. The third kappa shape index (κ3) is 5.75. The SMILES string of the molecule is C=c1nc2c(c(=O)[nH]1)=Nc1cc(C)c(NCC(C)(C)C)cc1N2CCCCCCC(=O)O. The number of fused-ring (bicyclic) bond motifs is 2. The molecule has 32 heavy (non-hydrogen) atoms. The first-order valence-electron chi connectivity index (χ1n) is 11.1. The molecule has 3 N–H and O–H groups in total. The fourth-order valence-electron chi connectivity index (χ4n) is 3.69. The van der Waals surface area contributed by atoms with E-state index < -0.39 is 5.97 Å². The topological polar surface area (TPSA) is 111 Å². The minimum atomic E-state index is -0.762. The van der Waals surface area contributed by atoms with Gasteiger partial charge in [-0.3, -0.25) is 9.59 Å². The summed E-state index contributed by atoms with van der Waals surface area (Å²) < 4.78 is 0. The second kappa shape index (κ2) is 9.54. The zero-order valence-electron chi connectivity index (χ0n) is 19.4. The molecule has 1 aliphatic heterocycles. The van der Waals surface area contributed by atoms with Gasteiger partial charge in [0.25, 0.3) is 5.56 Å². The van der Waals surface area contributed by atoms with E-state index in [9.17, 15) is 9.59 Å². The van der Waals surface area contributed by atoms with Crippen LogP contribution in [0.4, 0.5) is 22.9 Å². The quantitative estimate of drug-likeness (QED) is 0.517. The first kappa shape index (κ1) is 23.5. The Balaban J connectivity index is 1.93. The third-order valence-electron chi connectivity index (χ3n) is 5.36. The summed E-state index contributed by atoms with van der Waals surface area (Å²) in [6.45, 7) is 13.9. The Hall–Kier alpha value is -3.16. The molecule has 0 atom stereocenters. The number of anilines is 3. The number of aromatic amines is 1. The van der Waals surface area contributed by atoms with Crippen LogP contribution in [-0.4, -0.2) is 34.1 Å². The molecule has 0 spiro atoms. The molecule has 0 radical (unpaired) electrons. The van der Waals surface area contributed by atoms with Crippen LogP contribution in [0.3, 0.4) is 0 Å². The van der Waals surface area contributed by atoms with Crippen LogP contribution in [0.5, 0.6) is 0 Å². The molecular formula is C24H33N5O3. The van der Waals surface area contributed by atoms with Crippen LogP contribution in [0.1, 0.15) is 58.4 Å². The summed E-state index contributed by atoms with van der Waals surface area (Å²) >= 11 is 0. The van der Waals surface area contributed by atoms with E-state index in [4.69, 9.17) is 5.11 Å². The number of nitrogens with zero attached hydrogens (tertiary/aromatic N) is 3. The van der Waals surface area contributed by atoms with Crippen molar-refractivity contribution in [2.45, 2.75) is 59.8 Å². The van der Waals surface area contributed by atoms with E-state index in [1.807, 2.05) is 17.9 Å². The van der Waals surface area contributed by atoms with Gasteiger partial charge >= 0.3 is 5.97 Å². The predicted octanol–water partition coefficient (Wildman–Crippen LogP) is 3.38. The number of hydrogen-bond acceptors (Lipinski definition) is 6. The number of aryl methyl sites for hydroxylation is 1. The molecule has 0 bridgehead atoms. The number of carboxylic acid groups (broad SMARTS) is 1. The monoisotopic (exact) mass is 439 g/mol. The number of carbonyl (C=O) groups is 1. The molecule has 1 aromatic carbocycles. The van der Waals surface area contributed by atoms with E-state index in [0.29, 0.717) is 29.6 Å². The third-order valence-corrected chi connectivity index (χ3v) is 5.36. The van der Waals surface area contributed by atoms with Gasteiger partial charge in [-0.15, -0.1) is 0 Å². The molecule has 8 heteroatoms. The van der Waals surface area contributed by atoms with Gasteiger partial charge in [-0.2, -0.15) is 0 Å². The number of unbranched alkanes of at least 4 members (excludes halogenated alkanes) is 3. The lowest BCUT2D eigenvalue weighted by molar-refractivity contribution is -0.137. The number of aromatic nitrogens is 2. The van der Waals surface area contributed by atoms with Crippen LogP contribution in [0.15, 0.2) is 21.9 Å². The smallest absolute Gasteiger partial charge is 0.303 e. The maximum absolute atomic E-state index is 12.6. The van der Waals surface area contributed by atoms with Crippen molar-refractivity contribution in [1.82, 2.24) is 9.97 Å². The van der Waals surface area contributed by atoms with Gasteiger partial charge in [0, 0.05) is 25.2 Å². The van der Waals surface area contributed by atoms with Crippen LogP contribution in [0.25, 0.3) is 6.58 Å². The van der Waals surface area contributed by atoms with Gasteiger partial charge in [-0.25, -0.2) is 9.98 Å². The Morgan fingerprint density at radius 2 is 1.94 bits per heavy atom. The Labute approximate surface area is 188 Å². The summed E-state index contributed by atoms with van der Waals surface area (Å²) in [5.41, 5.74) is 3.87. The van der Waals surface area contributed by atoms with Crippen LogP contribution >= 0.6 is 0 Å². The Morgan fingerprint density at radius 1 is 1.22 bits per heavy atom. The molecule has 0 amide bonds. The molecule has 0 unspecified atom stereocenters. The first-order valence-corrected chi connectivity index (χ1v) is 11.1. The number of rotatable bonds is 9.